The lowest BCUT2D eigenvalue weighted by Gasteiger charge is -1.93. The van der Waals surface area contributed by atoms with Crippen molar-refractivity contribution in [3.63, 3.8) is 0 Å². The molecule has 10 heavy (non-hydrogen) atoms. The summed E-state index contributed by atoms with van der Waals surface area (Å²) in [6.45, 7) is 3.70. The molecule has 0 aliphatic heterocycles. The van der Waals surface area contributed by atoms with Crippen LogP contribution in [0.25, 0.3) is 0 Å². The molecular formula is C7H12N2O. The molecule has 4 N–H and O–H groups in total. The van der Waals surface area contributed by atoms with Crippen molar-refractivity contribution < 1.29 is 4.79 Å². The van der Waals surface area contributed by atoms with Crippen LogP contribution in [0.15, 0.2) is 23.4 Å². The van der Waals surface area contributed by atoms with Gasteiger partial charge in [-0.1, -0.05) is 11.6 Å². The van der Waals surface area contributed by atoms with E-state index in [0.717, 1.165) is 5.57 Å². The Morgan fingerprint density at radius 1 is 1.40 bits per heavy atom. The van der Waals surface area contributed by atoms with E-state index in [1.54, 1.807) is 6.08 Å². The van der Waals surface area contributed by atoms with E-state index in [9.17, 15) is 4.79 Å². The summed E-state index contributed by atoms with van der Waals surface area (Å²) in [6, 6.07) is 0. The second-order valence-electron chi connectivity index (χ2n) is 2.00. The molecule has 0 aromatic heterocycles. The SMILES string of the molecule is C/C=C(C)/C=C(\N)C(N)=O. The van der Waals surface area contributed by atoms with Crippen LogP contribution in [0.2, 0.25) is 0 Å². The first kappa shape index (κ1) is 8.75. The Kier molecular flexibility index (Phi) is 3.25. The van der Waals surface area contributed by atoms with Gasteiger partial charge >= 0.3 is 0 Å². The van der Waals surface area contributed by atoms with Crippen LogP contribution >= 0.6 is 0 Å². The molecule has 0 aromatic carbocycles. The second-order valence-corrected chi connectivity index (χ2v) is 2.00. The van der Waals surface area contributed by atoms with E-state index >= 15 is 0 Å². The van der Waals surface area contributed by atoms with E-state index < -0.39 is 5.91 Å². The summed E-state index contributed by atoms with van der Waals surface area (Å²) >= 11 is 0. The molecule has 0 fully saturated rings. The molecule has 0 unspecified atom stereocenters. The zero-order valence-electron chi connectivity index (χ0n) is 6.22. The van der Waals surface area contributed by atoms with Crippen LogP contribution in [0.1, 0.15) is 13.8 Å². The third-order valence-corrected chi connectivity index (χ3v) is 1.12. The summed E-state index contributed by atoms with van der Waals surface area (Å²) in [6.07, 6.45) is 3.39. The maximum Gasteiger partial charge on any atom is 0.264 e. The molecular weight excluding hydrogens is 128 g/mol. The predicted octanol–water partition coefficient (Wildman–Crippen LogP) is 0.281. The predicted molar refractivity (Wildman–Crippen MR) is 40.9 cm³/mol. The average Bonchev–Trinajstić information content (AvgIpc) is 1.87. The molecule has 0 heterocycles. The van der Waals surface area contributed by atoms with Gasteiger partial charge in [-0.3, -0.25) is 4.79 Å². The highest BCUT2D eigenvalue weighted by molar-refractivity contribution is 5.91. The summed E-state index contributed by atoms with van der Waals surface area (Å²) in [5, 5.41) is 0. The third kappa shape index (κ3) is 2.91. The summed E-state index contributed by atoms with van der Waals surface area (Å²) in [5.74, 6) is -0.582. The normalized spacial score (nSPS) is 13.4. The number of amides is 1. The van der Waals surface area contributed by atoms with Crippen molar-refractivity contribution in [2.24, 2.45) is 11.5 Å². The number of hydrogen-bond acceptors (Lipinski definition) is 2. The topological polar surface area (TPSA) is 69.1 Å². The highest BCUT2D eigenvalue weighted by atomic mass is 16.1. The average molecular weight is 140 g/mol. The van der Waals surface area contributed by atoms with Crippen LogP contribution < -0.4 is 11.5 Å². The zero-order chi connectivity index (χ0) is 8.15. The van der Waals surface area contributed by atoms with Crippen molar-refractivity contribution in [1.82, 2.24) is 0 Å². The molecule has 56 valence electrons. The quantitative estimate of drug-likeness (QED) is 0.427. The number of rotatable bonds is 2. The van der Waals surface area contributed by atoms with Gasteiger partial charge in [-0.2, -0.15) is 0 Å². The maximum absolute atomic E-state index is 10.4. The maximum atomic E-state index is 10.4. The van der Waals surface area contributed by atoms with Gasteiger partial charge in [-0.15, -0.1) is 0 Å². The first-order chi connectivity index (χ1) is 4.57. The van der Waals surface area contributed by atoms with Gasteiger partial charge in [0, 0.05) is 0 Å². The molecule has 0 saturated heterocycles. The summed E-state index contributed by atoms with van der Waals surface area (Å²) in [5.41, 5.74) is 11.1. The molecule has 0 saturated carbocycles. The summed E-state index contributed by atoms with van der Waals surface area (Å²) < 4.78 is 0. The van der Waals surface area contributed by atoms with Crippen LogP contribution in [0.4, 0.5) is 0 Å². The number of allylic oxidation sites excluding steroid dienone is 3. The Balaban J connectivity index is 4.31. The zero-order valence-corrected chi connectivity index (χ0v) is 6.22. The number of hydrogen-bond donors (Lipinski definition) is 2. The van der Waals surface area contributed by atoms with Crippen molar-refractivity contribution in [2.45, 2.75) is 13.8 Å². The van der Waals surface area contributed by atoms with Crippen LogP contribution in [0.3, 0.4) is 0 Å². The van der Waals surface area contributed by atoms with Gasteiger partial charge in [0.1, 0.15) is 0 Å². The third-order valence-electron chi connectivity index (χ3n) is 1.12. The van der Waals surface area contributed by atoms with Crippen LogP contribution in [-0.4, -0.2) is 5.91 Å². The van der Waals surface area contributed by atoms with Crippen molar-refractivity contribution in [3.05, 3.63) is 23.4 Å². The van der Waals surface area contributed by atoms with Gasteiger partial charge in [0.05, 0.1) is 5.70 Å². The largest absolute Gasteiger partial charge is 0.394 e. The van der Waals surface area contributed by atoms with Crippen LogP contribution in [-0.2, 0) is 4.79 Å². The summed E-state index contributed by atoms with van der Waals surface area (Å²) in [4.78, 5) is 10.4. The molecule has 0 atom stereocenters. The standard InChI is InChI=1S/C7H12N2O/c1-3-5(2)4-6(8)7(9)10/h3-4H,8H2,1-2H3,(H2,9,10)/b5-3+,6-4-. The Morgan fingerprint density at radius 2 is 1.90 bits per heavy atom. The monoisotopic (exact) mass is 140 g/mol. The number of nitrogens with two attached hydrogens (primary N) is 2. The van der Waals surface area contributed by atoms with Crippen molar-refractivity contribution in [3.8, 4) is 0 Å². The van der Waals surface area contributed by atoms with Crippen LogP contribution in [0, 0.1) is 0 Å². The highest BCUT2D eigenvalue weighted by Gasteiger charge is 1.95. The van der Waals surface area contributed by atoms with Gasteiger partial charge in [0.2, 0.25) is 0 Å². The molecule has 0 aromatic rings. The van der Waals surface area contributed by atoms with Crippen molar-refractivity contribution >= 4 is 5.91 Å². The van der Waals surface area contributed by atoms with E-state index in [4.69, 9.17) is 11.5 Å². The van der Waals surface area contributed by atoms with E-state index in [0.29, 0.717) is 0 Å². The lowest BCUT2D eigenvalue weighted by molar-refractivity contribution is -0.114. The molecule has 3 nitrogen and oxygen atoms in total. The number of carbonyl (C=O) groups is 1. The molecule has 0 rings (SSSR count). The van der Waals surface area contributed by atoms with Gasteiger partial charge < -0.3 is 11.5 Å². The molecule has 0 bridgehead atoms. The van der Waals surface area contributed by atoms with Crippen LogP contribution in [0.5, 0.6) is 0 Å². The van der Waals surface area contributed by atoms with Gasteiger partial charge in [-0.25, -0.2) is 0 Å². The Hall–Kier alpha value is -1.25. The molecule has 0 radical (unpaired) electrons. The first-order valence-corrected chi connectivity index (χ1v) is 2.97. The second kappa shape index (κ2) is 3.71. The summed E-state index contributed by atoms with van der Waals surface area (Å²) in [7, 11) is 0. The van der Waals surface area contributed by atoms with Gasteiger partial charge in [0.25, 0.3) is 5.91 Å². The van der Waals surface area contributed by atoms with Gasteiger partial charge in [-0.05, 0) is 19.9 Å². The molecule has 1 amide bonds. The van der Waals surface area contributed by atoms with E-state index in [1.807, 2.05) is 19.9 Å². The first-order valence-electron chi connectivity index (χ1n) is 2.97. The minimum atomic E-state index is -0.582. The number of primary amides is 1. The highest BCUT2D eigenvalue weighted by Crippen LogP contribution is 1.95. The Labute approximate surface area is 60.4 Å². The molecule has 3 heteroatoms. The molecule has 0 spiro atoms. The minimum absolute atomic E-state index is 0.0931. The Bertz CT molecular complexity index is 192. The number of carbonyl (C=O) groups excluding carboxylic acids is 1. The lowest BCUT2D eigenvalue weighted by Crippen LogP contribution is -2.19. The molecule has 0 aliphatic rings. The smallest absolute Gasteiger partial charge is 0.264 e. The van der Waals surface area contributed by atoms with Gasteiger partial charge in [0.15, 0.2) is 0 Å². The minimum Gasteiger partial charge on any atom is -0.394 e. The van der Waals surface area contributed by atoms with E-state index in [-0.39, 0.29) is 5.70 Å². The van der Waals surface area contributed by atoms with E-state index in [1.165, 1.54) is 0 Å². The fraction of sp³-hybridized carbons (Fsp3) is 0.286. The lowest BCUT2D eigenvalue weighted by atomic mass is 10.2. The fourth-order valence-corrected chi connectivity index (χ4v) is 0.400. The van der Waals surface area contributed by atoms with E-state index in [2.05, 4.69) is 0 Å². The van der Waals surface area contributed by atoms with Crippen molar-refractivity contribution in [2.75, 3.05) is 0 Å². The fourth-order valence-electron chi connectivity index (χ4n) is 0.400. The molecule has 0 aliphatic carbocycles. The van der Waals surface area contributed by atoms with Crippen molar-refractivity contribution in [1.29, 1.82) is 0 Å². The Morgan fingerprint density at radius 3 is 2.20 bits per heavy atom.